The lowest BCUT2D eigenvalue weighted by molar-refractivity contribution is -0.122. The summed E-state index contributed by atoms with van der Waals surface area (Å²) >= 11 is 5.32. The van der Waals surface area contributed by atoms with Crippen LogP contribution in [0.3, 0.4) is 0 Å². The molecule has 0 bridgehead atoms. The molecule has 2 N–H and O–H groups in total. The number of carbonyl (C=O) groups is 1. The lowest BCUT2D eigenvalue weighted by Gasteiger charge is -2.39. The highest BCUT2D eigenvalue weighted by atomic mass is 32.1. The number of para-hydroxylation sites is 1. The summed E-state index contributed by atoms with van der Waals surface area (Å²) in [7, 11) is 4.21. The van der Waals surface area contributed by atoms with E-state index in [4.69, 9.17) is 12.2 Å². The third-order valence-electron chi connectivity index (χ3n) is 6.05. The topological polar surface area (TPSA) is 70.1 Å². The summed E-state index contributed by atoms with van der Waals surface area (Å²) in [5.41, 5.74) is 0.600. The second-order valence-corrected chi connectivity index (χ2v) is 8.38. The molecule has 28 heavy (non-hydrogen) atoms. The first-order valence-corrected chi connectivity index (χ1v) is 10.5. The van der Waals surface area contributed by atoms with Crippen molar-refractivity contribution in [1.29, 1.82) is 0 Å². The van der Waals surface area contributed by atoms with Crippen LogP contribution < -0.4 is 10.9 Å². The maximum atomic E-state index is 12.7. The van der Waals surface area contributed by atoms with Gasteiger partial charge in [-0.15, -0.1) is 0 Å². The Kier molecular flexibility index (Phi) is 6.67. The minimum atomic E-state index is -0.152. The summed E-state index contributed by atoms with van der Waals surface area (Å²) in [6, 6.07) is 7.29. The number of carbonyl (C=O) groups excluding carboxylic acids is 1. The molecule has 1 aromatic carbocycles. The lowest BCUT2D eigenvalue weighted by atomic mass is 9.88. The van der Waals surface area contributed by atoms with Crippen molar-refractivity contribution in [3.63, 3.8) is 0 Å². The van der Waals surface area contributed by atoms with E-state index < -0.39 is 0 Å². The van der Waals surface area contributed by atoms with Crippen molar-refractivity contribution in [2.45, 2.75) is 57.0 Å². The third-order valence-corrected chi connectivity index (χ3v) is 6.37. The van der Waals surface area contributed by atoms with Gasteiger partial charge in [0, 0.05) is 25.0 Å². The van der Waals surface area contributed by atoms with Crippen LogP contribution in [0.1, 0.15) is 44.9 Å². The van der Waals surface area contributed by atoms with Crippen molar-refractivity contribution in [2.24, 2.45) is 0 Å². The summed E-state index contributed by atoms with van der Waals surface area (Å²) < 4.78 is 1.83. The van der Waals surface area contributed by atoms with Gasteiger partial charge < -0.3 is 15.2 Å². The monoisotopic (exact) mass is 402 g/mol. The SMILES string of the molecule is CN(C)C1(CNC(=O)CCn2c(=S)[nH]c3ccccc3c2=O)CCCCCC1. The fraction of sp³-hybridized carbons (Fsp3) is 0.571. The number of hydrogen-bond acceptors (Lipinski definition) is 4. The second-order valence-electron chi connectivity index (χ2n) is 7.99. The van der Waals surface area contributed by atoms with Gasteiger partial charge in [0.1, 0.15) is 0 Å². The Balaban J connectivity index is 1.65. The maximum absolute atomic E-state index is 12.7. The number of benzene rings is 1. The first-order valence-electron chi connectivity index (χ1n) is 10.1. The van der Waals surface area contributed by atoms with Gasteiger partial charge in [0.15, 0.2) is 4.77 Å². The van der Waals surface area contributed by atoms with E-state index in [1.807, 2.05) is 18.2 Å². The number of fused-ring (bicyclic) bond motifs is 1. The van der Waals surface area contributed by atoms with E-state index in [1.165, 1.54) is 30.3 Å². The summed E-state index contributed by atoms with van der Waals surface area (Å²) in [5.74, 6) is -0.0417. The summed E-state index contributed by atoms with van der Waals surface area (Å²) in [4.78, 5) is 30.5. The van der Waals surface area contributed by atoms with Crippen molar-refractivity contribution < 1.29 is 4.79 Å². The molecule has 0 unspecified atom stereocenters. The van der Waals surface area contributed by atoms with Crippen LogP contribution >= 0.6 is 12.2 Å². The van der Waals surface area contributed by atoms with Crippen molar-refractivity contribution in [1.82, 2.24) is 19.8 Å². The molecule has 1 amide bonds. The molecule has 0 atom stereocenters. The van der Waals surface area contributed by atoms with Gasteiger partial charge in [-0.05, 0) is 51.3 Å². The molecular formula is C21H30N4O2S. The second kappa shape index (κ2) is 9.01. The van der Waals surface area contributed by atoms with E-state index >= 15 is 0 Å². The molecule has 152 valence electrons. The highest BCUT2D eigenvalue weighted by Gasteiger charge is 2.33. The number of aromatic amines is 1. The normalized spacial score (nSPS) is 16.8. The molecular weight excluding hydrogens is 372 g/mol. The number of aromatic nitrogens is 2. The quantitative estimate of drug-likeness (QED) is 0.575. The van der Waals surface area contributed by atoms with E-state index in [0.29, 0.717) is 16.7 Å². The molecule has 1 aromatic heterocycles. The van der Waals surface area contributed by atoms with Gasteiger partial charge in [0.2, 0.25) is 5.91 Å². The predicted octanol–water partition coefficient (Wildman–Crippen LogP) is 3.22. The average Bonchev–Trinajstić information content (AvgIpc) is 2.93. The number of nitrogens with zero attached hydrogens (tertiary/aromatic N) is 2. The summed E-state index contributed by atoms with van der Waals surface area (Å²) in [5, 5.41) is 3.69. The molecule has 1 fully saturated rings. The summed E-state index contributed by atoms with van der Waals surface area (Å²) in [6.45, 7) is 0.929. The largest absolute Gasteiger partial charge is 0.354 e. The van der Waals surface area contributed by atoms with E-state index in [0.717, 1.165) is 18.4 Å². The molecule has 0 spiro atoms. The number of rotatable bonds is 6. The first kappa shape index (κ1) is 20.7. The van der Waals surface area contributed by atoms with Crippen molar-refractivity contribution >= 4 is 29.0 Å². The first-order chi connectivity index (χ1) is 13.4. The zero-order valence-electron chi connectivity index (χ0n) is 16.8. The third kappa shape index (κ3) is 4.52. The number of likely N-dealkylation sites (N-methyl/N-ethyl adjacent to an activating group) is 1. The number of H-pyrrole nitrogens is 1. The van der Waals surface area contributed by atoms with Gasteiger partial charge in [0.05, 0.1) is 10.9 Å². The molecule has 0 radical (unpaired) electrons. The van der Waals surface area contributed by atoms with Crippen molar-refractivity contribution in [2.75, 3.05) is 20.6 Å². The van der Waals surface area contributed by atoms with E-state index in [1.54, 1.807) is 6.07 Å². The van der Waals surface area contributed by atoms with Gasteiger partial charge in [-0.3, -0.25) is 14.2 Å². The Labute approximate surface area is 170 Å². The Morgan fingerprint density at radius 2 is 1.89 bits per heavy atom. The molecule has 1 heterocycles. The van der Waals surface area contributed by atoms with Crippen LogP contribution in [0.5, 0.6) is 0 Å². The number of nitrogens with one attached hydrogen (secondary N) is 2. The standard InChI is InChI=1S/C21H30N4O2S/c1-24(2)21(12-7-3-4-8-13-21)15-22-18(26)11-14-25-19(27)16-9-5-6-10-17(16)23-20(25)28/h5-6,9-10H,3-4,7-8,11-15H2,1-2H3,(H,22,26)(H,23,28). The van der Waals surface area contributed by atoms with E-state index in [2.05, 4.69) is 29.3 Å². The van der Waals surface area contributed by atoms with Crippen LogP contribution in [0.2, 0.25) is 0 Å². The number of hydrogen-bond donors (Lipinski definition) is 2. The van der Waals surface area contributed by atoms with E-state index in [-0.39, 0.29) is 30.0 Å². The smallest absolute Gasteiger partial charge is 0.262 e. The Bertz CT molecular complexity index is 939. The van der Waals surface area contributed by atoms with Gasteiger partial charge in [-0.1, -0.05) is 37.8 Å². The van der Waals surface area contributed by atoms with Crippen LogP contribution in [-0.4, -0.2) is 46.5 Å². The molecule has 3 rings (SSSR count). The minimum Gasteiger partial charge on any atom is -0.354 e. The fourth-order valence-electron chi connectivity index (χ4n) is 4.14. The van der Waals surface area contributed by atoms with Crippen LogP contribution in [0.4, 0.5) is 0 Å². The molecule has 0 aliphatic heterocycles. The van der Waals surface area contributed by atoms with Gasteiger partial charge in [-0.25, -0.2) is 0 Å². The molecule has 7 heteroatoms. The molecule has 1 saturated carbocycles. The fourth-order valence-corrected chi connectivity index (χ4v) is 4.42. The van der Waals surface area contributed by atoms with Gasteiger partial charge in [-0.2, -0.15) is 0 Å². The van der Waals surface area contributed by atoms with Crippen LogP contribution in [0.15, 0.2) is 29.1 Å². The molecule has 0 saturated heterocycles. The molecule has 6 nitrogen and oxygen atoms in total. The van der Waals surface area contributed by atoms with Crippen LogP contribution in [-0.2, 0) is 11.3 Å². The zero-order chi connectivity index (χ0) is 20.1. The number of amides is 1. The zero-order valence-corrected chi connectivity index (χ0v) is 17.6. The maximum Gasteiger partial charge on any atom is 0.262 e. The predicted molar refractivity (Wildman–Crippen MR) is 115 cm³/mol. The van der Waals surface area contributed by atoms with Gasteiger partial charge >= 0.3 is 0 Å². The van der Waals surface area contributed by atoms with Crippen molar-refractivity contribution in [3.8, 4) is 0 Å². The summed E-state index contributed by atoms with van der Waals surface area (Å²) in [6.07, 6.45) is 7.40. The van der Waals surface area contributed by atoms with Crippen LogP contribution in [0.25, 0.3) is 10.9 Å². The molecule has 2 aromatic rings. The molecule has 1 aliphatic rings. The van der Waals surface area contributed by atoms with E-state index in [9.17, 15) is 9.59 Å². The highest BCUT2D eigenvalue weighted by molar-refractivity contribution is 7.71. The molecule has 1 aliphatic carbocycles. The Hall–Kier alpha value is -1.99. The van der Waals surface area contributed by atoms with Crippen LogP contribution in [0, 0.1) is 4.77 Å². The van der Waals surface area contributed by atoms with Crippen molar-refractivity contribution in [3.05, 3.63) is 39.4 Å². The lowest BCUT2D eigenvalue weighted by Crippen LogP contribution is -2.52. The minimum absolute atomic E-state index is 0.0307. The van der Waals surface area contributed by atoms with Gasteiger partial charge in [0.25, 0.3) is 5.56 Å². The Morgan fingerprint density at radius 3 is 2.57 bits per heavy atom. The Morgan fingerprint density at radius 1 is 1.21 bits per heavy atom. The highest BCUT2D eigenvalue weighted by Crippen LogP contribution is 2.30. The average molecular weight is 403 g/mol.